The fourth-order valence-corrected chi connectivity index (χ4v) is 4.03. The van der Waals surface area contributed by atoms with Crippen LogP contribution in [0.25, 0.3) is 17.1 Å². The maximum atomic E-state index is 12.8. The Labute approximate surface area is 184 Å². The molecule has 0 unspecified atom stereocenters. The molecule has 156 valence electrons. The third-order valence-corrected chi connectivity index (χ3v) is 5.77. The first-order valence-electron chi connectivity index (χ1n) is 10.3. The van der Waals surface area contributed by atoms with Crippen LogP contribution >= 0.6 is 11.6 Å². The van der Waals surface area contributed by atoms with Crippen LogP contribution in [0.2, 0.25) is 5.02 Å². The third kappa shape index (κ3) is 3.96. The number of para-hydroxylation sites is 1. The lowest BCUT2D eigenvalue weighted by Crippen LogP contribution is -2.11. The Kier molecular flexibility index (Phi) is 5.26. The van der Waals surface area contributed by atoms with Crippen LogP contribution in [0.5, 0.6) is 0 Å². The summed E-state index contributed by atoms with van der Waals surface area (Å²) in [6, 6.07) is 15.1. The van der Waals surface area contributed by atoms with Crippen molar-refractivity contribution in [1.82, 2.24) is 24.5 Å². The van der Waals surface area contributed by atoms with Gasteiger partial charge in [-0.1, -0.05) is 36.2 Å². The minimum atomic E-state index is -0.240. The number of carbonyl (C=O) groups is 1. The number of benzene rings is 2. The standard InChI is InChI=1S/C23H21ClN6O/c24-20-11-10-17(13-19(20)22-28-27-21-9-5-2-6-12-29(21)22)26-23(31)16-14-25-30(15-16)18-7-3-1-4-8-18/h1,3-4,7-8,10-11,13-15H,2,5-6,9,12H2,(H,26,31). The molecular formula is C23H21ClN6O. The van der Waals surface area contributed by atoms with Gasteiger partial charge in [0.2, 0.25) is 0 Å². The second kappa shape index (κ2) is 8.35. The number of rotatable bonds is 4. The highest BCUT2D eigenvalue weighted by Crippen LogP contribution is 2.31. The Balaban J connectivity index is 1.40. The lowest BCUT2D eigenvalue weighted by molar-refractivity contribution is 0.102. The number of halogens is 1. The highest BCUT2D eigenvalue weighted by molar-refractivity contribution is 6.33. The summed E-state index contributed by atoms with van der Waals surface area (Å²) in [5.41, 5.74) is 2.77. The van der Waals surface area contributed by atoms with Gasteiger partial charge < -0.3 is 9.88 Å². The van der Waals surface area contributed by atoms with Gasteiger partial charge in [-0.2, -0.15) is 5.10 Å². The van der Waals surface area contributed by atoms with E-state index in [2.05, 4.69) is 25.2 Å². The molecule has 31 heavy (non-hydrogen) atoms. The molecule has 3 heterocycles. The Morgan fingerprint density at radius 3 is 2.77 bits per heavy atom. The van der Waals surface area contributed by atoms with Gasteiger partial charge in [-0.25, -0.2) is 4.68 Å². The van der Waals surface area contributed by atoms with Gasteiger partial charge in [0.1, 0.15) is 5.82 Å². The van der Waals surface area contributed by atoms with E-state index < -0.39 is 0 Å². The molecule has 7 nitrogen and oxygen atoms in total. The van der Waals surface area contributed by atoms with Crippen LogP contribution in [0.15, 0.2) is 60.9 Å². The Bertz CT molecular complexity index is 1230. The maximum absolute atomic E-state index is 12.8. The zero-order valence-corrected chi connectivity index (χ0v) is 17.6. The van der Waals surface area contributed by atoms with E-state index in [1.165, 1.54) is 6.42 Å². The molecule has 0 atom stereocenters. The average molecular weight is 433 g/mol. The lowest BCUT2D eigenvalue weighted by Gasteiger charge is -2.11. The van der Waals surface area contributed by atoms with Crippen molar-refractivity contribution in [1.29, 1.82) is 0 Å². The lowest BCUT2D eigenvalue weighted by atomic mass is 10.1. The number of carbonyl (C=O) groups excluding carboxylic acids is 1. The SMILES string of the molecule is O=C(Nc1ccc(Cl)c(-c2nnc3n2CCCCC3)c1)c1cnn(-c2ccccc2)c1. The summed E-state index contributed by atoms with van der Waals surface area (Å²) in [6.45, 7) is 0.878. The fraction of sp³-hybridized carbons (Fsp3) is 0.217. The first-order valence-corrected chi connectivity index (χ1v) is 10.7. The van der Waals surface area contributed by atoms with Gasteiger partial charge in [-0.15, -0.1) is 10.2 Å². The number of anilines is 1. The number of nitrogens with zero attached hydrogens (tertiary/aromatic N) is 5. The number of hydrogen-bond acceptors (Lipinski definition) is 4. The highest BCUT2D eigenvalue weighted by Gasteiger charge is 2.19. The van der Waals surface area contributed by atoms with E-state index >= 15 is 0 Å². The summed E-state index contributed by atoms with van der Waals surface area (Å²) in [5, 5.41) is 16.6. The molecule has 4 aromatic rings. The van der Waals surface area contributed by atoms with Gasteiger partial charge in [0.15, 0.2) is 5.82 Å². The molecule has 1 amide bonds. The molecule has 0 radical (unpaired) electrons. The predicted molar refractivity (Wildman–Crippen MR) is 120 cm³/mol. The number of amides is 1. The topological polar surface area (TPSA) is 77.6 Å². The summed E-state index contributed by atoms with van der Waals surface area (Å²) in [6.07, 6.45) is 7.59. The Morgan fingerprint density at radius 1 is 1.03 bits per heavy atom. The van der Waals surface area contributed by atoms with E-state index in [4.69, 9.17) is 11.6 Å². The number of fused-ring (bicyclic) bond motifs is 1. The van der Waals surface area contributed by atoms with E-state index in [0.29, 0.717) is 16.3 Å². The predicted octanol–water partition coefficient (Wildman–Crippen LogP) is 4.76. The normalized spacial score (nSPS) is 13.5. The summed E-state index contributed by atoms with van der Waals surface area (Å²) in [5.74, 6) is 1.50. The second-order valence-electron chi connectivity index (χ2n) is 7.56. The van der Waals surface area contributed by atoms with E-state index in [0.717, 1.165) is 48.7 Å². The van der Waals surface area contributed by atoms with Gasteiger partial charge >= 0.3 is 0 Å². The minimum absolute atomic E-state index is 0.240. The van der Waals surface area contributed by atoms with Gasteiger partial charge in [0, 0.05) is 30.4 Å². The van der Waals surface area contributed by atoms with Crippen molar-refractivity contribution in [3.05, 3.63) is 77.3 Å². The van der Waals surface area contributed by atoms with Gasteiger partial charge in [0.25, 0.3) is 5.91 Å². The first kappa shape index (κ1) is 19.5. The Hall–Kier alpha value is -3.45. The zero-order chi connectivity index (χ0) is 21.2. The van der Waals surface area contributed by atoms with Crippen molar-refractivity contribution in [3.63, 3.8) is 0 Å². The van der Waals surface area contributed by atoms with Gasteiger partial charge in [-0.3, -0.25) is 4.79 Å². The average Bonchev–Trinajstić information content (AvgIpc) is 3.38. The second-order valence-corrected chi connectivity index (χ2v) is 7.97. The van der Waals surface area contributed by atoms with Crippen molar-refractivity contribution >= 4 is 23.2 Å². The Morgan fingerprint density at radius 2 is 1.90 bits per heavy atom. The summed E-state index contributed by atoms with van der Waals surface area (Å²) >= 11 is 6.49. The highest BCUT2D eigenvalue weighted by atomic mass is 35.5. The molecule has 0 saturated heterocycles. The molecule has 1 aliphatic heterocycles. The fourth-order valence-electron chi connectivity index (χ4n) is 3.82. The molecule has 0 fully saturated rings. The van der Waals surface area contributed by atoms with Crippen LogP contribution in [0.3, 0.4) is 0 Å². The van der Waals surface area contributed by atoms with Crippen LogP contribution in [0.1, 0.15) is 35.4 Å². The summed E-state index contributed by atoms with van der Waals surface area (Å²) in [7, 11) is 0. The number of hydrogen-bond donors (Lipinski definition) is 1. The van der Waals surface area contributed by atoms with Crippen molar-refractivity contribution in [2.75, 3.05) is 5.32 Å². The zero-order valence-electron chi connectivity index (χ0n) is 16.8. The van der Waals surface area contributed by atoms with Crippen LogP contribution in [-0.2, 0) is 13.0 Å². The molecular weight excluding hydrogens is 412 g/mol. The molecule has 2 aromatic carbocycles. The summed E-state index contributed by atoms with van der Waals surface area (Å²) in [4.78, 5) is 12.8. The number of aryl methyl sites for hydroxylation is 1. The molecule has 8 heteroatoms. The smallest absolute Gasteiger partial charge is 0.258 e. The van der Waals surface area contributed by atoms with Gasteiger partial charge in [-0.05, 0) is 43.2 Å². The van der Waals surface area contributed by atoms with Crippen LogP contribution in [0.4, 0.5) is 5.69 Å². The van der Waals surface area contributed by atoms with Crippen molar-refractivity contribution in [2.45, 2.75) is 32.2 Å². The van der Waals surface area contributed by atoms with E-state index in [9.17, 15) is 4.79 Å². The van der Waals surface area contributed by atoms with E-state index in [-0.39, 0.29) is 5.91 Å². The third-order valence-electron chi connectivity index (χ3n) is 5.44. The number of nitrogens with one attached hydrogen (secondary N) is 1. The minimum Gasteiger partial charge on any atom is -0.322 e. The largest absolute Gasteiger partial charge is 0.322 e. The maximum Gasteiger partial charge on any atom is 0.258 e. The monoisotopic (exact) mass is 432 g/mol. The van der Waals surface area contributed by atoms with Crippen LogP contribution < -0.4 is 5.32 Å². The van der Waals surface area contributed by atoms with Crippen molar-refractivity contribution in [3.8, 4) is 17.1 Å². The van der Waals surface area contributed by atoms with Crippen molar-refractivity contribution < 1.29 is 4.79 Å². The molecule has 0 spiro atoms. The van der Waals surface area contributed by atoms with Crippen LogP contribution in [0, 0.1) is 0 Å². The molecule has 0 saturated carbocycles. The van der Waals surface area contributed by atoms with Crippen LogP contribution in [-0.4, -0.2) is 30.5 Å². The van der Waals surface area contributed by atoms with Gasteiger partial charge in [0.05, 0.1) is 22.5 Å². The quantitative estimate of drug-likeness (QED) is 0.504. The van der Waals surface area contributed by atoms with E-state index in [1.807, 2.05) is 36.4 Å². The first-order chi connectivity index (χ1) is 15.2. The molecule has 5 rings (SSSR count). The molecule has 0 aliphatic carbocycles. The summed E-state index contributed by atoms with van der Waals surface area (Å²) < 4.78 is 3.82. The van der Waals surface area contributed by atoms with E-state index in [1.54, 1.807) is 29.2 Å². The number of aromatic nitrogens is 5. The molecule has 0 bridgehead atoms. The molecule has 1 aliphatic rings. The van der Waals surface area contributed by atoms with Crippen molar-refractivity contribution in [2.24, 2.45) is 0 Å². The molecule has 1 N–H and O–H groups in total. The molecule has 2 aromatic heterocycles.